The lowest BCUT2D eigenvalue weighted by Gasteiger charge is -2.04. The van der Waals surface area contributed by atoms with Gasteiger partial charge in [0.2, 0.25) is 0 Å². The van der Waals surface area contributed by atoms with Gasteiger partial charge in [0.25, 0.3) is 5.91 Å². The van der Waals surface area contributed by atoms with Gasteiger partial charge in [0.1, 0.15) is 0 Å². The average Bonchev–Trinajstić information content (AvgIpc) is 2.50. The zero-order valence-corrected chi connectivity index (χ0v) is 12.8. The number of benzene rings is 1. The predicted molar refractivity (Wildman–Crippen MR) is 89.0 cm³/mol. The van der Waals surface area contributed by atoms with E-state index >= 15 is 0 Å². The molecule has 5 nitrogen and oxygen atoms in total. The summed E-state index contributed by atoms with van der Waals surface area (Å²) in [4.78, 5) is 15.7. The van der Waals surface area contributed by atoms with Crippen LogP contribution >= 0.6 is 0 Å². The maximum atomic E-state index is 11.7. The molecular formula is C16H26N4O. The molecular weight excluding hydrogens is 264 g/mol. The maximum absolute atomic E-state index is 11.7. The molecule has 0 fully saturated rings. The van der Waals surface area contributed by atoms with Crippen LogP contribution in [0, 0.1) is 0 Å². The van der Waals surface area contributed by atoms with Gasteiger partial charge in [-0.2, -0.15) is 0 Å². The van der Waals surface area contributed by atoms with Crippen LogP contribution < -0.4 is 16.4 Å². The molecule has 116 valence electrons. The summed E-state index contributed by atoms with van der Waals surface area (Å²) in [5, 5.41) is 5.91. The summed E-state index contributed by atoms with van der Waals surface area (Å²) in [7, 11) is 0. The van der Waals surface area contributed by atoms with Crippen LogP contribution in [0.15, 0.2) is 29.3 Å². The number of aryl methyl sites for hydroxylation is 1. The Kier molecular flexibility index (Phi) is 9.08. The topological polar surface area (TPSA) is 79.5 Å². The molecule has 5 heteroatoms. The van der Waals surface area contributed by atoms with Crippen LogP contribution in [-0.2, 0) is 11.2 Å². The van der Waals surface area contributed by atoms with E-state index in [4.69, 9.17) is 5.73 Å². The van der Waals surface area contributed by atoms with Crippen molar-refractivity contribution < 1.29 is 4.79 Å². The molecule has 1 aromatic rings. The van der Waals surface area contributed by atoms with Gasteiger partial charge in [-0.25, -0.2) is 0 Å². The number of rotatable bonds is 10. The summed E-state index contributed by atoms with van der Waals surface area (Å²) in [5.41, 5.74) is 7.45. The molecule has 0 bridgehead atoms. The molecule has 1 amide bonds. The Balaban J connectivity index is 2.28. The Labute approximate surface area is 127 Å². The van der Waals surface area contributed by atoms with Gasteiger partial charge in [-0.3, -0.25) is 9.79 Å². The molecule has 0 aliphatic heterocycles. The molecule has 0 aromatic heterocycles. The monoisotopic (exact) mass is 290 g/mol. The molecule has 4 N–H and O–H groups in total. The second-order valence-corrected chi connectivity index (χ2v) is 4.86. The number of aliphatic imine (C=N–C) groups is 1. The number of hydrogen-bond acceptors (Lipinski definition) is 4. The third-order valence-electron chi connectivity index (χ3n) is 2.99. The minimum atomic E-state index is -0.199. The SMILES string of the molecule is CCCCc1ccc(NC(=O)C=NCCNCCN)cc1. The van der Waals surface area contributed by atoms with Crippen molar-refractivity contribution in [2.75, 3.05) is 31.5 Å². The fourth-order valence-electron chi connectivity index (χ4n) is 1.83. The number of nitrogens with one attached hydrogen (secondary N) is 2. The molecule has 0 atom stereocenters. The molecule has 0 spiro atoms. The Bertz CT molecular complexity index is 428. The van der Waals surface area contributed by atoms with Gasteiger partial charge in [0, 0.05) is 25.3 Å². The van der Waals surface area contributed by atoms with Gasteiger partial charge in [-0.05, 0) is 30.5 Å². The Morgan fingerprint density at radius 2 is 2.05 bits per heavy atom. The third kappa shape index (κ3) is 8.22. The summed E-state index contributed by atoms with van der Waals surface area (Å²) in [6.45, 7) is 4.86. The van der Waals surface area contributed by atoms with Gasteiger partial charge >= 0.3 is 0 Å². The molecule has 21 heavy (non-hydrogen) atoms. The standard InChI is InChI=1S/C16H26N4O/c1-2-3-4-14-5-7-15(8-6-14)20-16(21)13-19-12-11-18-10-9-17/h5-8,13,18H,2-4,9-12,17H2,1H3,(H,20,21). The highest BCUT2D eigenvalue weighted by atomic mass is 16.1. The highest BCUT2D eigenvalue weighted by molar-refractivity contribution is 6.31. The van der Waals surface area contributed by atoms with Gasteiger partial charge < -0.3 is 16.4 Å². The van der Waals surface area contributed by atoms with Crippen molar-refractivity contribution in [2.24, 2.45) is 10.7 Å². The van der Waals surface area contributed by atoms with Crippen LogP contribution in [0.1, 0.15) is 25.3 Å². The molecule has 0 saturated carbocycles. The van der Waals surface area contributed by atoms with E-state index in [1.54, 1.807) is 0 Å². The minimum Gasteiger partial charge on any atom is -0.329 e. The summed E-state index contributed by atoms with van der Waals surface area (Å²) < 4.78 is 0. The normalized spacial score (nSPS) is 11.0. The first-order chi connectivity index (χ1) is 10.3. The van der Waals surface area contributed by atoms with Crippen LogP contribution in [0.3, 0.4) is 0 Å². The fraction of sp³-hybridized carbons (Fsp3) is 0.500. The smallest absolute Gasteiger partial charge is 0.266 e. The molecule has 0 heterocycles. The largest absolute Gasteiger partial charge is 0.329 e. The summed E-state index contributed by atoms with van der Waals surface area (Å²) >= 11 is 0. The Hall–Kier alpha value is -1.72. The van der Waals surface area contributed by atoms with Crippen LogP contribution in [-0.4, -0.2) is 38.3 Å². The number of carbonyl (C=O) groups excluding carboxylic acids is 1. The van der Waals surface area contributed by atoms with Crippen molar-refractivity contribution in [3.8, 4) is 0 Å². The van der Waals surface area contributed by atoms with Crippen molar-refractivity contribution >= 4 is 17.8 Å². The molecule has 0 aliphatic rings. The van der Waals surface area contributed by atoms with E-state index in [9.17, 15) is 4.79 Å². The number of carbonyl (C=O) groups is 1. The van der Waals surface area contributed by atoms with Gasteiger partial charge in [-0.15, -0.1) is 0 Å². The highest BCUT2D eigenvalue weighted by Gasteiger charge is 1.99. The zero-order valence-electron chi connectivity index (χ0n) is 12.8. The maximum Gasteiger partial charge on any atom is 0.266 e. The molecule has 0 unspecified atom stereocenters. The number of nitrogens with two attached hydrogens (primary N) is 1. The fourth-order valence-corrected chi connectivity index (χ4v) is 1.83. The van der Waals surface area contributed by atoms with Crippen molar-refractivity contribution in [1.29, 1.82) is 0 Å². The van der Waals surface area contributed by atoms with Crippen molar-refractivity contribution in [2.45, 2.75) is 26.2 Å². The van der Waals surface area contributed by atoms with E-state index in [1.165, 1.54) is 24.6 Å². The molecule has 0 radical (unpaired) electrons. The highest BCUT2D eigenvalue weighted by Crippen LogP contribution is 2.11. The quantitative estimate of drug-likeness (QED) is 0.452. The molecule has 1 aromatic carbocycles. The van der Waals surface area contributed by atoms with E-state index < -0.39 is 0 Å². The van der Waals surface area contributed by atoms with Crippen LogP contribution in [0.25, 0.3) is 0 Å². The van der Waals surface area contributed by atoms with Gasteiger partial charge in [-0.1, -0.05) is 25.5 Å². The molecule has 0 saturated heterocycles. The second-order valence-electron chi connectivity index (χ2n) is 4.86. The Morgan fingerprint density at radius 3 is 2.71 bits per heavy atom. The van der Waals surface area contributed by atoms with Gasteiger partial charge in [0.15, 0.2) is 0 Å². The number of amides is 1. The number of anilines is 1. The molecule has 0 aliphatic carbocycles. The van der Waals surface area contributed by atoms with E-state index in [0.717, 1.165) is 25.2 Å². The first-order valence-electron chi connectivity index (χ1n) is 7.56. The average molecular weight is 290 g/mol. The summed E-state index contributed by atoms with van der Waals surface area (Å²) in [6, 6.07) is 7.97. The van der Waals surface area contributed by atoms with Crippen molar-refractivity contribution in [1.82, 2.24) is 5.32 Å². The number of unbranched alkanes of at least 4 members (excludes halogenated alkanes) is 1. The first-order valence-corrected chi connectivity index (χ1v) is 7.56. The minimum absolute atomic E-state index is 0.199. The van der Waals surface area contributed by atoms with E-state index in [0.29, 0.717) is 13.1 Å². The van der Waals surface area contributed by atoms with Crippen molar-refractivity contribution in [3.05, 3.63) is 29.8 Å². The predicted octanol–water partition coefficient (Wildman–Crippen LogP) is 1.59. The molecule has 1 rings (SSSR count). The van der Waals surface area contributed by atoms with Crippen LogP contribution in [0.4, 0.5) is 5.69 Å². The Morgan fingerprint density at radius 1 is 1.29 bits per heavy atom. The number of hydrogen-bond donors (Lipinski definition) is 3. The number of nitrogens with zero attached hydrogens (tertiary/aromatic N) is 1. The van der Waals surface area contributed by atoms with E-state index in [-0.39, 0.29) is 5.91 Å². The second kappa shape index (κ2) is 11.0. The van der Waals surface area contributed by atoms with E-state index in [1.807, 2.05) is 12.1 Å². The van der Waals surface area contributed by atoms with Crippen LogP contribution in [0.2, 0.25) is 0 Å². The van der Waals surface area contributed by atoms with E-state index in [2.05, 4.69) is 34.7 Å². The first kappa shape index (κ1) is 17.3. The van der Waals surface area contributed by atoms with Crippen molar-refractivity contribution in [3.63, 3.8) is 0 Å². The van der Waals surface area contributed by atoms with Gasteiger partial charge in [0.05, 0.1) is 12.8 Å². The lowest BCUT2D eigenvalue weighted by atomic mass is 10.1. The zero-order chi connectivity index (χ0) is 15.3. The summed E-state index contributed by atoms with van der Waals surface area (Å²) in [6.07, 6.45) is 4.79. The van der Waals surface area contributed by atoms with Crippen LogP contribution in [0.5, 0.6) is 0 Å². The lowest BCUT2D eigenvalue weighted by molar-refractivity contribution is -0.110. The lowest BCUT2D eigenvalue weighted by Crippen LogP contribution is -2.25. The summed E-state index contributed by atoms with van der Waals surface area (Å²) in [5.74, 6) is -0.199. The third-order valence-corrected chi connectivity index (χ3v) is 2.99.